The number of imidazole rings is 1. The molecule has 0 unspecified atom stereocenters. The Morgan fingerprint density at radius 3 is 2.29 bits per heavy atom. The van der Waals surface area contributed by atoms with Gasteiger partial charge in [0.2, 0.25) is 10.0 Å². The van der Waals surface area contributed by atoms with Crippen LogP contribution in [0.2, 0.25) is 5.02 Å². The second kappa shape index (κ2) is 9.04. The first-order valence-electron chi connectivity index (χ1n) is 9.64. The molecule has 7 nitrogen and oxygen atoms in total. The highest BCUT2D eigenvalue weighted by molar-refractivity contribution is 7.98. The van der Waals surface area contributed by atoms with Crippen LogP contribution in [0.3, 0.4) is 0 Å². The monoisotopic (exact) mass is 476 g/mol. The fourth-order valence-electron chi connectivity index (χ4n) is 3.54. The van der Waals surface area contributed by atoms with Crippen LogP contribution >= 0.6 is 23.4 Å². The van der Waals surface area contributed by atoms with Crippen LogP contribution in [0.25, 0.3) is 5.69 Å². The zero-order valence-electron chi connectivity index (χ0n) is 16.8. The van der Waals surface area contributed by atoms with Crippen molar-refractivity contribution in [3.05, 3.63) is 71.5 Å². The summed E-state index contributed by atoms with van der Waals surface area (Å²) in [5.74, 6) is -0.175. The molecule has 2 aromatic carbocycles. The van der Waals surface area contributed by atoms with Crippen LogP contribution in [-0.4, -0.2) is 65.5 Å². The molecule has 1 aromatic heterocycles. The molecule has 0 spiro atoms. The molecule has 1 aliphatic rings. The number of hydrogen-bond donors (Lipinski definition) is 0. The predicted octanol–water partition coefficient (Wildman–Crippen LogP) is 3.39. The number of carbonyl (C=O) groups is 1. The Hall–Kier alpha value is -2.33. The molecule has 0 aliphatic carbocycles. The zero-order chi connectivity index (χ0) is 22.0. The number of thioether (sulfide) groups is 1. The maximum absolute atomic E-state index is 13.3. The fourth-order valence-corrected chi connectivity index (χ4v) is 6.00. The molecule has 0 N–H and O–H groups in total. The van der Waals surface area contributed by atoms with Gasteiger partial charge >= 0.3 is 0 Å². The van der Waals surface area contributed by atoms with Crippen molar-refractivity contribution in [1.29, 1.82) is 0 Å². The Balaban J connectivity index is 1.54. The van der Waals surface area contributed by atoms with Gasteiger partial charge in [0.15, 0.2) is 5.16 Å². The highest BCUT2D eigenvalue weighted by Gasteiger charge is 2.32. The molecule has 1 saturated heterocycles. The van der Waals surface area contributed by atoms with Gasteiger partial charge in [0.25, 0.3) is 5.91 Å². The van der Waals surface area contributed by atoms with E-state index in [2.05, 4.69) is 4.98 Å². The van der Waals surface area contributed by atoms with E-state index in [9.17, 15) is 13.2 Å². The second-order valence-corrected chi connectivity index (χ2v) is 10.0. The van der Waals surface area contributed by atoms with Gasteiger partial charge in [-0.25, -0.2) is 13.4 Å². The van der Waals surface area contributed by atoms with Crippen LogP contribution in [0.5, 0.6) is 0 Å². The molecule has 162 valence electrons. The van der Waals surface area contributed by atoms with E-state index in [0.29, 0.717) is 5.69 Å². The molecule has 10 heteroatoms. The molecule has 3 aromatic rings. The van der Waals surface area contributed by atoms with Crippen molar-refractivity contribution in [3.63, 3.8) is 0 Å². The summed E-state index contributed by atoms with van der Waals surface area (Å²) in [5.41, 5.74) is 1.31. The van der Waals surface area contributed by atoms with Crippen molar-refractivity contribution in [2.24, 2.45) is 0 Å². The molecule has 0 radical (unpaired) electrons. The van der Waals surface area contributed by atoms with Crippen LogP contribution < -0.4 is 0 Å². The van der Waals surface area contributed by atoms with Crippen LogP contribution in [0.1, 0.15) is 10.5 Å². The van der Waals surface area contributed by atoms with Gasteiger partial charge in [-0.3, -0.25) is 9.36 Å². The summed E-state index contributed by atoms with van der Waals surface area (Å²) in [6.07, 6.45) is 3.49. The molecule has 2 heterocycles. The third-order valence-electron chi connectivity index (χ3n) is 5.13. The van der Waals surface area contributed by atoms with Gasteiger partial charge in [-0.05, 0) is 30.5 Å². The van der Waals surface area contributed by atoms with Crippen LogP contribution in [0, 0.1) is 0 Å². The summed E-state index contributed by atoms with van der Waals surface area (Å²) in [6, 6.07) is 16.0. The lowest BCUT2D eigenvalue weighted by molar-refractivity contribution is 0.0689. The number of benzene rings is 2. The van der Waals surface area contributed by atoms with E-state index in [1.165, 1.54) is 22.1 Å². The Kier molecular flexibility index (Phi) is 6.38. The van der Waals surface area contributed by atoms with E-state index < -0.39 is 10.0 Å². The number of carbonyl (C=O) groups excluding carboxylic acids is 1. The van der Waals surface area contributed by atoms with Crippen LogP contribution in [0.15, 0.2) is 70.8 Å². The van der Waals surface area contributed by atoms with Gasteiger partial charge in [-0.15, -0.1) is 0 Å². The molecule has 1 fully saturated rings. The standard InChI is InChI=1S/C21H21ClN4O3S2/c1-30-21-23-15-18(26(21)16-7-3-2-4-8-16)20(27)24-11-13-25(14-12-24)31(28,29)19-10-6-5-9-17(19)22/h2-10,15H,11-14H2,1H3. The van der Waals surface area contributed by atoms with Gasteiger partial charge in [-0.2, -0.15) is 4.31 Å². The van der Waals surface area contributed by atoms with Crippen molar-refractivity contribution in [1.82, 2.24) is 18.8 Å². The van der Waals surface area contributed by atoms with Gasteiger partial charge in [0, 0.05) is 31.9 Å². The number of para-hydroxylation sites is 1. The minimum Gasteiger partial charge on any atom is -0.335 e. The van der Waals surface area contributed by atoms with E-state index >= 15 is 0 Å². The molecule has 1 amide bonds. The number of piperazine rings is 1. The molecule has 0 saturated carbocycles. The Labute approximate surface area is 190 Å². The Morgan fingerprint density at radius 1 is 1.00 bits per heavy atom. The number of amides is 1. The van der Waals surface area contributed by atoms with Crippen LogP contribution in [0.4, 0.5) is 0 Å². The summed E-state index contributed by atoms with van der Waals surface area (Å²) in [6.45, 7) is 0.983. The summed E-state index contributed by atoms with van der Waals surface area (Å²) < 4.78 is 29.1. The molecular weight excluding hydrogens is 456 g/mol. The lowest BCUT2D eigenvalue weighted by Crippen LogP contribution is -2.50. The Bertz CT molecular complexity index is 1190. The summed E-state index contributed by atoms with van der Waals surface area (Å²) in [7, 11) is -3.71. The highest BCUT2D eigenvalue weighted by Crippen LogP contribution is 2.26. The first kappa shape index (κ1) is 21.9. The first-order chi connectivity index (χ1) is 14.9. The van der Waals surface area contributed by atoms with E-state index in [4.69, 9.17) is 11.6 Å². The number of hydrogen-bond acceptors (Lipinski definition) is 5. The molecular formula is C21H21ClN4O3S2. The Morgan fingerprint density at radius 2 is 1.65 bits per heavy atom. The van der Waals surface area contributed by atoms with Crippen molar-refractivity contribution >= 4 is 39.3 Å². The number of rotatable bonds is 5. The third kappa shape index (κ3) is 4.23. The predicted molar refractivity (Wildman–Crippen MR) is 121 cm³/mol. The first-order valence-corrected chi connectivity index (χ1v) is 12.7. The maximum atomic E-state index is 13.3. The summed E-state index contributed by atoms with van der Waals surface area (Å²) in [4.78, 5) is 19.4. The van der Waals surface area contributed by atoms with Gasteiger partial charge in [0.05, 0.1) is 11.2 Å². The van der Waals surface area contributed by atoms with E-state index in [0.717, 1.165) is 10.8 Å². The number of sulfonamides is 1. The summed E-state index contributed by atoms with van der Waals surface area (Å²) in [5, 5.41) is 0.909. The van der Waals surface area contributed by atoms with E-state index in [-0.39, 0.29) is 42.0 Å². The van der Waals surface area contributed by atoms with E-state index in [1.807, 2.05) is 41.2 Å². The molecule has 1 aliphatic heterocycles. The average molecular weight is 477 g/mol. The number of halogens is 1. The van der Waals surface area contributed by atoms with Gasteiger partial charge < -0.3 is 4.90 Å². The van der Waals surface area contributed by atoms with Gasteiger partial charge in [0.1, 0.15) is 10.6 Å². The van der Waals surface area contributed by atoms with Crippen molar-refractivity contribution in [2.45, 2.75) is 10.1 Å². The normalized spacial score (nSPS) is 15.2. The zero-order valence-corrected chi connectivity index (χ0v) is 19.2. The fraction of sp³-hybridized carbons (Fsp3) is 0.238. The maximum Gasteiger partial charge on any atom is 0.272 e. The SMILES string of the molecule is CSc1ncc(C(=O)N2CCN(S(=O)(=O)c3ccccc3Cl)CC2)n1-c1ccccc1. The minimum atomic E-state index is -3.71. The molecule has 0 atom stereocenters. The third-order valence-corrected chi connectivity index (χ3v) is 8.18. The minimum absolute atomic E-state index is 0.0863. The smallest absolute Gasteiger partial charge is 0.272 e. The molecule has 0 bridgehead atoms. The van der Waals surface area contributed by atoms with Crippen molar-refractivity contribution in [2.75, 3.05) is 32.4 Å². The average Bonchev–Trinajstić information content (AvgIpc) is 3.23. The summed E-state index contributed by atoms with van der Waals surface area (Å²) >= 11 is 7.56. The molecule has 31 heavy (non-hydrogen) atoms. The topological polar surface area (TPSA) is 75.5 Å². The molecule has 4 rings (SSSR count). The second-order valence-electron chi connectivity index (χ2n) is 6.93. The van der Waals surface area contributed by atoms with Crippen molar-refractivity contribution in [3.8, 4) is 5.69 Å². The van der Waals surface area contributed by atoms with Gasteiger partial charge in [-0.1, -0.05) is 53.7 Å². The van der Waals surface area contributed by atoms with Crippen molar-refractivity contribution < 1.29 is 13.2 Å². The van der Waals surface area contributed by atoms with E-state index in [1.54, 1.807) is 29.3 Å². The lowest BCUT2D eigenvalue weighted by Gasteiger charge is -2.34. The lowest BCUT2D eigenvalue weighted by atomic mass is 10.3. The quantitative estimate of drug-likeness (QED) is 0.527. The van der Waals surface area contributed by atoms with Crippen LogP contribution in [-0.2, 0) is 10.0 Å². The highest BCUT2D eigenvalue weighted by atomic mass is 35.5. The number of nitrogens with zero attached hydrogens (tertiary/aromatic N) is 4. The number of aromatic nitrogens is 2. The largest absolute Gasteiger partial charge is 0.335 e.